The highest BCUT2D eigenvalue weighted by Crippen LogP contribution is 2.16. The van der Waals surface area contributed by atoms with Gasteiger partial charge in [-0.05, 0) is 32.4 Å². The Morgan fingerprint density at radius 1 is 0.933 bits per heavy atom. The third-order valence-electron chi connectivity index (χ3n) is 1.46. The summed E-state index contributed by atoms with van der Waals surface area (Å²) in [5.74, 6) is 0. The number of para-hydroxylation sites is 1. The van der Waals surface area contributed by atoms with Crippen molar-refractivity contribution >= 4 is 11.4 Å². The molecule has 0 heterocycles. The molecule has 0 saturated heterocycles. The van der Waals surface area contributed by atoms with Gasteiger partial charge in [-0.25, -0.2) is 0 Å². The lowest BCUT2D eigenvalue weighted by Crippen LogP contribution is -1.80. The fourth-order valence-electron chi connectivity index (χ4n) is 0.930. The summed E-state index contributed by atoms with van der Waals surface area (Å²) in [4.78, 5) is 4.38. The summed E-state index contributed by atoms with van der Waals surface area (Å²) in [7, 11) is 0. The average molecular weight is 207 g/mol. The van der Waals surface area contributed by atoms with Gasteiger partial charge in [-0.15, -0.1) is 0 Å². The second-order valence-corrected chi connectivity index (χ2v) is 2.85. The van der Waals surface area contributed by atoms with Gasteiger partial charge in [0.2, 0.25) is 0 Å². The van der Waals surface area contributed by atoms with Crippen LogP contribution in [0.15, 0.2) is 29.3 Å². The minimum absolute atomic E-state index is 1.08. The maximum atomic E-state index is 4.38. The number of rotatable bonds is 1. The first-order chi connectivity index (χ1) is 7.20. The van der Waals surface area contributed by atoms with E-state index in [1.165, 1.54) is 5.56 Å². The largest absolute Gasteiger partial charge is 0.258 e. The third kappa shape index (κ3) is 7.92. The van der Waals surface area contributed by atoms with E-state index in [4.69, 9.17) is 0 Å². The maximum Gasteiger partial charge on any atom is 0.0657 e. The van der Waals surface area contributed by atoms with Gasteiger partial charge in [0.05, 0.1) is 5.69 Å². The Labute approximate surface area is 95.3 Å². The Bertz CT molecular complexity index is 270. The molecule has 1 rings (SSSR count). The highest BCUT2D eigenvalue weighted by atomic mass is 14.7. The number of benzene rings is 1. The molecule has 1 aromatic rings. The van der Waals surface area contributed by atoms with Crippen LogP contribution in [0, 0.1) is 6.92 Å². The minimum atomic E-state index is 1.08. The van der Waals surface area contributed by atoms with Gasteiger partial charge in [0.1, 0.15) is 0 Å². The van der Waals surface area contributed by atoms with E-state index in [2.05, 4.69) is 18.0 Å². The molecule has 0 N–H and O–H groups in total. The Morgan fingerprint density at radius 2 is 1.40 bits per heavy atom. The van der Waals surface area contributed by atoms with Gasteiger partial charge < -0.3 is 0 Å². The molecule has 0 bridgehead atoms. The lowest BCUT2D eigenvalue weighted by molar-refractivity contribution is 1.38. The zero-order valence-electron chi connectivity index (χ0n) is 11.3. The number of hydrogen-bond acceptors (Lipinski definition) is 1. The molecule has 0 spiro atoms. The first-order valence-electron chi connectivity index (χ1n) is 5.77. The van der Waals surface area contributed by atoms with Crippen molar-refractivity contribution in [1.29, 1.82) is 0 Å². The Hall–Kier alpha value is -1.11. The van der Waals surface area contributed by atoms with E-state index in [0.29, 0.717) is 0 Å². The Morgan fingerprint density at radius 3 is 1.80 bits per heavy atom. The van der Waals surface area contributed by atoms with Crippen LogP contribution < -0.4 is 0 Å². The summed E-state index contributed by atoms with van der Waals surface area (Å²) in [6.45, 7) is 14.1. The zero-order chi connectivity index (χ0) is 12.3. The molecule has 86 valence electrons. The van der Waals surface area contributed by atoms with Crippen LogP contribution in [0.25, 0.3) is 0 Å². The monoisotopic (exact) mass is 207 g/mol. The zero-order valence-corrected chi connectivity index (χ0v) is 11.3. The normalized spacial score (nSPS) is 7.67. The second-order valence-electron chi connectivity index (χ2n) is 2.85. The number of hydrogen-bond donors (Lipinski definition) is 0. The van der Waals surface area contributed by atoms with E-state index in [1.807, 2.05) is 59.7 Å². The lowest BCUT2D eigenvalue weighted by atomic mass is 10.2. The SMILES string of the molecule is CC.CC.CC(C)=Nc1ccccc1C. The van der Waals surface area contributed by atoms with Gasteiger partial charge >= 0.3 is 0 Å². The van der Waals surface area contributed by atoms with Crippen molar-refractivity contribution < 1.29 is 0 Å². The predicted octanol–water partition coefficient (Wildman–Crippen LogP) is 5.16. The van der Waals surface area contributed by atoms with Crippen molar-refractivity contribution in [2.24, 2.45) is 4.99 Å². The second kappa shape index (κ2) is 11.0. The first-order valence-corrected chi connectivity index (χ1v) is 5.77. The van der Waals surface area contributed by atoms with Crippen molar-refractivity contribution in [3.63, 3.8) is 0 Å². The molecule has 0 aliphatic rings. The fourth-order valence-corrected chi connectivity index (χ4v) is 0.930. The predicted molar refractivity (Wildman–Crippen MR) is 72.3 cm³/mol. The van der Waals surface area contributed by atoms with Crippen molar-refractivity contribution in [2.75, 3.05) is 0 Å². The molecule has 0 atom stereocenters. The van der Waals surface area contributed by atoms with Gasteiger partial charge in [-0.1, -0.05) is 45.9 Å². The molecule has 15 heavy (non-hydrogen) atoms. The molecular formula is C14H25N. The smallest absolute Gasteiger partial charge is 0.0657 e. The molecule has 0 saturated carbocycles. The van der Waals surface area contributed by atoms with Crippen molar-refractivity contribution in [3.8, 4) is 0 Å². The summed E-state index contributed by atoms with van der Waals surface area (Å²) in [5, 5.41) is 0. The molecular weight excluding hydrogens is 182 g/mol. The summed E-state index contributed by atoms with van der Waals surface area (Å²) < 4.78 is 0. The van der Waals surface area contributed by atoms with Crippen LogP contribution in [0.2, 0.25) is 0 Å². The number of aliphatic imine (C=N–C) groups is 1. The number of aryl methyl sites for hydroxylation is 1. The first kappa shape index (κ1) is 16.3. The van der Waals surface area contributed by atoms with Crippen molar-refractivity contribution in [2.45, 2.75) is 48.5 Å². The summed E-state index contributed by atoms with van der Waals surface area (Å²) in [5.41, 5.74) is 3.40. The molecule has 0 amide bonds. The van der Waals surface area contributed by atoms with Crippen LogP contribution in [0.1, 0.15) is 47.1 Å². The van der Waals surface area contributed by atoms with E-state index in [9.17, 15) is 0 Å². The van der Waals surface area contributed by atoms with Gasteiger partial charge in [0.25, 0.3) is 0 Å². The number of nitrogens with zero attached hydrogens (tertiary/aromatic N) is 1. The summed E-state index contributed by atoms with van der Waals surface area (Å²) in [6, 6.07) is 8.14. The van der Waals surface area contributed by atoms with Crippen LogP contribution in [-0.4, -0.2) is 5.71 Å². The van der Waals surface area contributed by atoms with Crippen LogP contribution in [-0.2, 0) is 0 Å². The molecule has 0 aliphatic heterocycles. The molecule has 0 aromatic heterocycles. The average Bonchev–Trinajstić information content (AvgIpc) is 2.27. The minimum Gasteiger partial charge on any atom is -0.258 e. The Kier molecular flexibility index (Phi) is 11.9. The van der Waals surface area contributed by atoms with E-state index in [1.54, 1.807) is 0 Å². The Balaban J connectivity index is 0. The lowest BCUT2D eigenvalue weighted by Gasteiger charge is -1.98. The molecule has 0 aliphatic carbocycles. The summed E-state index contributed by atoms with van der Waals surface area (Å²) >= 11 is 0. The van der Waals surface area contributed by atoms with E-state index < -0.39 is 0 Å². The maximum absolute atomic E-state index is 4.38. The molecule has 1 nitrogen and oxygen atoms in total. The molecule has 1 heteroatoms. The van der Waals surface area contributed by atoms with Crippen LogP contribution in [0.5, 0.6) is 0 Å². The molecule has 0 radical (unpaired) electrons. The van der Waals surface area contributed by atoms with Gasteiger partial charge in [0.15, 0.2) is 0 Å². The third-order valence-corrected chi connectivity index (χ3v) is 1.46. The summed E-state index contributed by atoms with van der Waals surface area (Å²) in [6.07, 6.45) is 0. The van der Waals surface area contributed by atoms with E-state index in [-0.39, 0.29) is 0 Å². The topological polar surface area (TPSA) is 12.4 Å². The molecule has 0 unspecified atom stereocenters. The van der Waals surface area contributed by atoms with E-state index in [0.717, 1.165) is 11.4 Å². The van der Waals surface area contributed by atoms with Gasteiger partial charge in [-0.2, -0.15) is 0 Å². The highest BCUT2D eigenvalue weighted by Gasteiger charge is 1.91. The van der Waals surface area contributed by atoms with Crippen molar-refractivity contribution in [3.05, 3.63) is 29.8 Å². The van der Waals surface area contributed by atoms with E-state index >= 15 is 0 Å². The van der Waals surface area contributed by atoms with Crippen molar-refractivity contribution in [1.82, 2.24) is 0 Å². The van der Waals surface area contributed by atoms with Crippen LogP contribution >= 0.6 is 0 Å². The van der Waals surface area contributed by atoms with Crippen LogP contribution in [0.3, 0.4) is 0 Å². The standard InChI is InChI=1S/C10H13N.2C2H6/c1-8(2)11-10-7-5-4-6-9(10)3;2*1-2/h4-7H,1-3H3;2*1-2H3. The highest BCUT2D eigenvalue weighted by molar-refractivity contribution is 5.82. The van der Waals surface area contributed by atoms with Gasteiger partial charge in [0, 0.05) is 5.71 Å². The van der Waals surface area contributed by atoms with Gasteiger partial charge in [-0.3, -0.25) is 4.99 Å². The van der Waals surface area contributed by atoms with Crippen LogP contribution in [0.4, 0.5) is 5.69 Å². The fraction of sp³-hybridized carbons (Fsp3) is 0.500. The molecule has 1 aromatic carbocycles. The molecule has 0 fully saturated rings. The quantitative estimate of drug-likeness (QED) is 0.564.